The zero-order valence-electron chi connectivity index (χ0n) is 14.5. The Morgan fingerprint density at radius 2 is 1.92 bits per heavy atom. The summed E-state index contributed by atoms with van der Waals surface area (Å²) < 4.78 is 10.5. The van der Waals surface area contributed by atoms with E-state index in [9.17, 15) is 14.9 Å². The van der Waals surface area contributed by atoms with Gasteiger partial charge in [0, 0.05) is 12.1 Å². The second-order valence-corrected chi connectivity index (χ2v) is 5.53. The minimum Gasteiger partial charge on any atom is -0.493 e. The van der Waals surface area contributed by atoms with Crippen LogP contribution in [0.3, 0.4) is 0 Å². The van der Waals surface area contributed by atoms with Crippen molar-refractivity contribution in [3.8, 4) is 17.6 Å². The molecule has 0 bridgehead atoms. The number of anilines is 1. The van der Waals surface area contributed by atoms with Crippen LogP contribution in [0.5, 0.6) is 11.5 Å². The average molecular weight is 355 g/mol. The van der Waals surface area contributed by atoms with Gasteiger partial charge in [0.05, 0.1) is 23.7 Å². The molecule has 8 nitrogen and oxygen atoms in total. The highest BCUT2D eigenvalue weighted by Gasteiger charge is 2.18. The summed E-state index contributed by atoms with van der Waals surface area (Å²) in [6.45, 7) is 3.19. The number of nitrogens with zero attached hydrogens (tertiary/aromatic N) is 2. The summed E-state index contributed by atoms with van der Waals surface area (Å²) in [5.74, 6) is 0.0491. The molecule has 134 valence electrons. The predicted molar refractivity (Wildman–Crippen MR) is 94.4 cm³/mol. The number of rotatable bonds is 6. The van der Waals surface area contributed by atoms with E-state index < -0.39 is 10.8 Å². The van der Waals surface area contributed by atoms with Crippen molar-refractivity contribution in [2.45, 2.75) is 13.8 Å². The van der Waals surface area contributed by atoms with Crippen molar-refractivity contribution in [1.82, 2.24) is 0 Å². The molecule has 8 heteroatoms. The molecule has 0 fully saturated rings. The Labute approximate surface area is 150 Å². The number of hydrogen-bond donors (Lipinski definition) is 1. The quantitative estimate of drug-likeness (QED) is 0.629. The van der Waals surface area contributed by atoms with E-state index in [0.29, 0.717) is 11.3 Å². The first-order valence-corrected chi connectivity index (χ1v) is 7.62. The first-order chi connectivity index (χ1) is 12.3. The summed E-state index contributed by atoms with van der Waals surface area (Å²) in [6, 6.07) is 9.47. The third-order valence-electron chi connectivity index (χ3n) is 3.73. The minimum absolute atomic E-state index is 0.110. The van der Waals surface area contributed by atoms with Gasteiger partial charge >= 0.3 is 0 Å². The predicted octanol–water partition coefficient (Wildman–Crippen LogP) is 3.11. The second-order valence-electron chi connectivity index (χ2n) is 5.53. The summed E-state index contributed by atoms with van der Waals surface area (Å²) >= 11 is 0. The number of amides is 1. The minimum atomic E-state index is -0.553. The van der Waals surface area contributed by atoms with Crippen LogP contribution in [-0.2, 0) is 4.79 Å². The van der Waals surface area contributed by atoms with Gasteiger partial charge in [-0.1, -0.05) is 0 Å². The number of nitro groups is 1. The van der Waals surface area contributed by atoms with Crippen LogP contribution in [0.1, 0.15) is 16.7 Å². The third-order valence-corrected chi connectivity index (χ3v) is 3.73. The number of benzene rings is 2. The van der Waals surface area contributed by atoms with Crippen molar-refractivity contribution in [2.75, 3.05) is 19.0 Å². The highest BCUT2D eigenvalue weighted by Crippen LogP contribution is 2.29. The van der Waals surface area contributed by atoms with Crippen LogP contribution in [0.25, 0.3) is 0 Å². The maximum Gasteiger partial charge on any atom is 0.293 e. The molecule has 2 rings (SSSR count). The Bertz CT molecular complexity index is 902. The van der Waals surface area contributed by atoms with E-state index in [1.165, 1.54) is 31.4 Å². The van der Waals surface area contributed by atoms with Crippen LogP contribution < -0.4 is 14.8 Å². The summed E-state index contributed by atoms with van der Waals surface area (Å²) in [5, 5.41) is 22.5. The fraction of sp³-hybridized carbons (Fsp3) is 0.222. The van der Waals surface area contributed by atoms with Crippen molar-refractivity contribution in [3.05, 3.63) is 57.1 Å². The molecule has 0 spiro atoms. The van der Waals surface area contributed by atoms with Gasteiger partial charge in [-0.15, -0.1) is 0 Å². The molecule has 0 aliphatic rings. The number of nitro benzene ring substituents is 1. The Kier molecular flexibility index (Phi) is 5.75. The molecule has 2 aromatic carbocycles. The lowest BCUT2D eigenvalue weighted by molar-refractivity contribution is -0.384. The van der Waals surface area contributed by atoms with E-state index in [2.05, 4.69) is 5.32 Å². The fourth-order valence-electron chi connectivity index (χ4n) is 2.24. The monoisotopic (exact) mass is 355 g/mol. The smallest absolute Gasteiger partial charge is 0.293 e. The normalized spacial score (nSPS) is 9.92. The lowest BCUT2D eigenvalue weighted by Crippen LogP contribution is -2.21. The topological polar surface area (TPSA) is 114 Å². The number of aryl methyl sites for hydroxylation is 2. The van der Waals surface area contributed by atoms with Crippen molar-refractivity contribution >= 4 is 17.3 Å². The molecule has 0 saturated carbocycles. The largest absolute Gasteiger partial charge is 0.493 e. The van der Waals surface area contributed by atoms with E-state index >= 15 is 0 Å². The van der Waals surface area contributed by atoms with Gasteiger partial charge in [0.25, 0.3) is 11.6 Å². The molecule has 0 radical (unpaired) electrons. The first-order valence-electron chi connectivity index (χ1n) is 7.62. The molecule has 26 heavy (non-hydrogen) atoms. The molecular formula is C18H17N3O5. The number of nitriles is 1. The molecule has 0 aromatic heterocycles. The molecule has 0 atom stereocenters. The Morgan fingerprint density at radius 3 is 2.54 bits per heavy atom. The highest BCUT2D eigenvalue weighted by molar-refractivity contribution is 5.94. The van der Waals surface area contributed by atoms with Gasteiger partial charge in [-0.3, -0.25) is 14.9 Å². The summed E-state index contributed by atoms with van der Waals surface area (Å²) in [4.78, 5) is 22.7. The van der Waals surface area contributed by atoms with E-state index in [1.54, 1.807) is 19.9 Å². The Hall–Kier alpha value is -3.60. The number of carbonyl (C=O) groups is 1. The van der Waals surface area contributed by atoms with E-state index in [-0.39, 0.29) is 23.7 Å². The van der Waals surface area contributed by atoms with Gasteiger partial charge in [-0.2, -0.15) is 5.26 Å². The maximum atomic E-state index is 12.1. The van der Waals surface area contributed by atoms with Crippen molar-refractivity contribution in [1.29, 1.82) is 5.26 Å². The van der Waals surface area contributed by atoms with Gasteiger partial charge in [0.2, 0.25) is 0 Å². The molecule has 0 aliphatic heterocycles. The summed E-state index contributed by atoms with van der Waals surface area (Å²) in [6.07, 6.45) is 0. The van der Waals surface area contributed by atoms with Crippen LogP contribution in [-0.4, -0.2) is 24.5 Å². The summed E-state index contributed by atoms with van der Waals surface area (Å²) in [7, 11) is 1.42. The molecule has 0 unspecified atom stereocenters. The van der Waals surface area contributed by atoms with E-state index in [0.717, 1.165) is 11.1 Å². The van der Waals surface area contributed by atoms with Crippen LogP contribution in [0.4, 0.5) is 11.4 Å². The number of nitrogens with one attached hydrogen (secondary N) is 1. The Morgan fingerprint density at radius 1 is 1.23 bits per heavy atom. The van der Waals surface area contributed by atoms with Gasteiger partial charge in [-0.05, 0) is 43.2 Å². The third kappa shape index (κ3) is 4.27. The van der Waals surface area contributed by atoms with Gasteiger partial charge < -0.3 is 14.8 Å². The SMILES string of the molecule is COc1cc(C#N)ccc1OCC(=O)Nc1cc(C)c(C)cc1[N+](=O)[O-]. The van der Waals surface area contributed by atoms with E-state index in [1.807, 2.05) is 6.07 Å². The second kappa shape index (κ2) is 7.98. The van der Waals surface area contributed by atoms with Crippen LogP contribution in [0.2, 0.25) is 0 Å². The molecule has 1 N–H and O–H groups in total. The molecule has 0 aliphatic carbocycles. The highest BCUT2D eigenvalue weighted by atomic mass is 16.6. The standard InChI is InChI=1S/C18H17N3O5/c1-11-6-14(15(21(23)24)7-12(11)2)20-18(22)10-26-16-5-4-13(9-19)8-17(16)25-3/h4-8H,10H2,1-3H3,(H,20,22). The number of methoxy groups -OCH3 is 1. The molecule has 1 amide bonds. The van der Waals surface area contributed by atoms with Crippen molar-refractivity contribution < 1.29 is 19.2 Å². The van der Waals surface area contributed by atoms with Gasteiger partial charge in [-0.25, -0.2) is 0 Å². The number of carbonyl (C=O) groups excluding carboxylic acids is 1. The van der Waals surface area contributed by atoms with Gasteiger partial charge in [0.15, 0.2) is 18.1 Å². The van der Waals surface area contributed by atoms with Crippen molar-refractivity contribution in [3.63, 3.8) is 0 Å². The lowest BCUT2D eigenvalue weighted by Gasteiger charge is -2.12. The molecule has 0 heterocycles. The zero-order chi connectivity index (χ0) is 19.3. The molecule has 0 saturated heterocycles. The molecule has 2 aromatic rings. The van der Waals surface area contributed by atoms with E-state index in [4.69, 9.17) is 14.7 Å². The van der Waals surface area contributed by atoms with Crippen LogP contribution >= 0.6 is 0 Å². The van der Waals surface area contributed by atoms with Crippen molar-refractivity contribution in [2.24, 2.45) is 0 Å². The molecular weight excluding hydrogens is 338 g/mol. The van der Waals surface area contributed by atoms with Gasteiger partial charge in [0.1, 0.15) is 5.69 Å². The zero-order valence-corrected chi connectivity index (χ0v) is 14.5. The summed E-state index contributed by atoms with van der Waals surface area (Å²) in [5.41, 5.74) is 1.90. The lowest BCUT2D eigenvalue weighted by atomic mass is 10.1. The van der Waals surface area contributed by atoms with Crippen LogP contribution in [0.15, 0.2) is 30.3 Å². The Balaban J connectivity index is 2.12. The maximum absolute atomic E-state index is 12.1. The first kappa shape index (κ1) is 18.7. The average Bonchev–Trinajstić information content (AvgIpc) is 2.62. The number of hydrogen-bond acceptors (Lipinski definition) is 6. The van der Waals surface area contributed by atoms with Crippen LogP contribution in [0, 0.1) is 35.3 Å². The fourth-order valence-corrected chi connectivity index (χ4v) is 2.24. The number of ether oxygens (including phenoxy) is 2.